The maximum Gasteiger partial charge on any atom is 0.240 e. The molecular formula is C20H26N2O5S. The Morgan fingerprint density at radius 2 is 1.68 bits per heavy atom. The van der Waals surface area contributed by atoms with Gasteiger partial charge in [-0.05, 0) is 49.2 Å². The van der Waals surface area contributed by atoms with Crippen LogP contribution in [0.15, 0.2) is 59.5 Å². The summed E-state index contributed by atoms with van der Waals surface area (Å²) >= 11 is 0. The van der Waals surface area contributed by atoms with E-state index in [-0.39, 0.29) is 10.8 Å². The van der Waals surface area contributed by atoms with Crippen molar-refractivity contribution < 1.29 is 22.7 Å². The third-order valence-corrected chi connectivity index (χ3v) is 5.30. The van der Waals surface area contributed by atoms with Crippen molar-refractivity contribution in [3.63, 3.8) is 0 Å². The quantitative estimate of drug-likeness (QED) is 0.529. The van der Waals surface area contributed by atoms with Gasteiger partial charge in [0.1, 0.15) is 5.75 Å². The van der Waals surface area contributed by atoms with Crippen molar-refractivity contribution in [2.45, 2.75) is 24.2 Å². The molecule has 0 spiro atoms. The number of amides is 1. The third kappa shape index (κ3) is 7.67. The average molecular weight is 407 g/mol. The number of carbonyl (C=O) groups is 1. The molecular weight excluding hydrogens is 380 g/mol. The van der Waals surface area contributed by atoms with Crippen LogP contribution in [0, 0.1) is 0 Å². The molecule has 0 atom stereocenters. The Morgan fingerprint density at radius 3 is 2.36 bits per heavy atom. The first-order chi connectivity index (χ1) is 13.5. The standard InChI is InChI=1S/C20H26N2O5S/c1-26-15-6-14-21-28(24,25)19-12-10-17(11-13-19)22-20(23)9-5-16-27-18-7-3-2-4-8-18/h2-4,7-8,10-13,21H,5-6,9,14-16H2,1H3,(H,22,23). The Hall–Kier alpha value is -2.42. The minimum atomic E-state index is -3.56. The Bertz CT molecular complexity index is 823. The summed E-state index contributed by atoms with van der Waals surface area (Å²) in [5.74, 6) is 0.625. The molecule has 0 aliphatic carbocycles. The third-order valence-electron chi connectivity index (χ3n) is 3.83. The van der Waals surface area contributed by atoms with Gasteiger partial charge in [0, 0.05) is 32.4 Å². The normalized spacial score (nSPS) is 11.2. The molecule has 2 rings (SSSR count). The number of para-hydroxylation sites is 1. The molecule has 152 valence electrons. The van der Waals surface area contributed by atoms with E-state index in [4.69, 9.17) is 9.47 Å². The van der Waals surface area contributed by atoms with E-state index < -0.39 is 10.0 Å². The summed E-state index contributed by atoms with van der Waals surface area (Å²) in [5.41, 5.74) is 0.548. The second kappa shape index (κ2) is 11.4. The molecule has 0 aliphatic heterocycles. The molecule has 2 N–H and O–H groups in total. The molecule has 0 heterocycles. The molecule has 0 unspecified atom stereocenters. The molecule has 2 aromatic carbocycles. The van der Waals surface area contributed by atoms with E-state index in [1.165, 1.54) is 12.1 Å². The summed E-state index contributed by atoms with van der Waals surface area (Å²) in [6.45, 7) is 1.24. The van der Waals surface area contributed by atoms with Gasteiger partial charge in [0.25, 0.3) is 0 Å². The van der Waals surface area contributed by atoms with Gasteiger partial charge in [0.2, 0.25) is 15.9 Å². The van der Waals surface area contributed by atoms with Gasteiger partial charge in [-0.3, -0.25) is 4.79 Å². The summed E-state index contributed by atoms with van der Waals surface area (Å²) in [5, 5.41) is 2.75. The van der Waals surface area contributed by atoms with Crippen LogP contribution < -0.4 is 14.8 Å². The summed E-state index contributed by atoms with van der Waals surface area (Å²) < 4.78 is 37.3. The van der Waals surface area contributed by atoms with E-state index in [1.807, 2.05) is 30.3 Å². The Kier molecular flexibility index (Phi) is 8.93. The summed E-state index contributed by atoms with van der Waals surface area (Å²) in [7, 11) is -2.00. The van der Waals surface area contributed by atoms with Gasteiger partial charge >= 0.3 is 0 Å². The number of sulfonamides is 1. The number of nitrogens with one attached hydrogen (secondary N) is 2. The number of rotatable bonds is 12. The summed E-state index contributed by atoms with van der Waals surface area (Å²) in [6.07, 6.45) is 1.49. The predicted octanol–water partition coefficient (Wildman–Crippen LogP) is 2.80. The van der Waals surface area contributed by atoms with E-state index in [9.17, 15) is 13.2 Å². The van der Waals surface area contributed by atoms with E-state index in [2.05, 4.69) is 10.0 Å². The maximum absolute atomic E-state index is 12.2. The van der Waals surface area contributed by atoms with Crippen molar-refractivity contribution in [3.8, 4) is 5.75 Å². The summed E-state index contributed by atoms with van der Waals surface area (Å²) in [4.78, 5) is 12.2. The van der Waals surface area contributed by atoms with Crippen LogP contribution in [-0.2, 0) is 19.6 Å². The van der Waals surface area contributed by atoms with Crippen molar-refractivity contribution in [2.75, 3.05) is 32.2 Å². The van der Waals surface area contributed by atoms with Crippen LogP contribution in [0.1, 0.15) is 19.3 Å². The topological polar surface area (TPSA) is 93.7 Å². The van der Waals surface area contributed by atoms with Gasteiger partial charge < -0.3 is 14.8 Å². The Morgan fingerprint density at radius 1 is 0.964 bits per heavy atom. The minimum Gasteiger partial charge on any atom is -0.494 e. The molecule has 0 fully saturated rings. The number of hydrogen-bond acceptors (Lipinski definition) is 5. The fourth-order valence-electron chi connectivity index (χ4n) is 2.39. The molecule has 2 aromatic rings. The molecule has 0 bridgehead atoms. The van der Waals surface area contributed by atoms with Crippen molar-refractivity contribution in [3.05, 3.63) is 54.6 Å². The van der Waals surface area contributed by atoms with Crippen molar-refractivity contribution in [2.24, 2.45) is 0 Å². The highest BCUT2D eigenvalue weighted by molar-refractivity contribution is 7.89. The first kappa shape index (κ1) is 21.9. The van der Waals surface area contributed by atoms with E-state index in [1.54, 1.807) is 19.2 Å². The predicted molar refractivity (Wildman–Crippen MR) is 108 cm³/mol. The van der Waals surface area contributed by atoms with Crippen LogP contribution >= 0.6 is 0 Å². The maximum atomic E-state index is 12.2. The fourth-order valence-corrected chi connectivity index (χ4v) is 3.46. The van der Waals surface area contributed by atoms with Gasteiger partial charge in [0.05, 0.1) is 11.5 Å². The molecule has 28 heavy (non-hydrogen) atoms. The number of hydrogen-bond donors (Lipinski definition) is 2. The second-order valence-electron chi connectivity index (χ2n) is 6.08. The smallest absolute Gasteiger partial charge is 0.240 e. The molecule has 0 aromatic heterocycles. The monoisotopic (exact) mass is 406 g/mol. The summed E-state index contributed by atoms with van der Waals surface area (Å²) in [6, 6.07) is 15.5. The second-order valence-corrected chi connectivity index (χ2v) is 7.85. The van der Waals surface area contributed by atoms with Crippen molar-refractivity contribution in [1.82, 2.24) is 4.72 Å². The van der Waals surface area contributed by atoms with Gasteiger partial charge in [-0.25, -0.2) is 13.1 Å². The molecule has 0 saturated heterocycles. The van der Waals surface area contributed by atoms with Crippen LogP contribution in [0.4, 0.5) is 5.69 Å². The van der Waals surface area contributed by atoms with Gasteiger partial charge in [-0.15, -0.1) is 0 Å². The van der Waals surface area contributed by atoms with Gasteiger partial charge in [0.15, 0.2) is 0 Å². The lowest BCUT2D eigenvalue weighted by atomic mass is 10.2. The Balaban J connectivity index is 1.74. The van der Waals surface area contributed by atoms with E-state index in [0.29, 0.717) is 44.7 Å². The van der Waals surface area contributed by atoms with Crippen molar-refractivity contribution in [1.29, 1.82) is 0 Å². The first-order valence-corrected chi connectivity index (χ1v) is 10.6. The van der Waals surface area contributed by atoms with Crippen molar-refractivity contribution >= 4 is 21.6 Å². The van der Waals surface area contributed by atoms with Crippen LogP contribution in [-0.4, -0.2) is 41.2 Å². The SMILES string of the molecule is COCCCNS(=O)(=O)c1ccc(NC(=O)CCCOc2ccccc2)cc1. The van der Waals surface area contributed by atoms with Crippen LogP contribution in [0.2, 0.25) is 0 Å². The highest BCUT2D eigenvalue weighted by Crippen LogP contribution is 2.15. The highest BCUT2D eigenvalue weighted by Gasteiger charge is 2.13. The molecule has 0 aliphatic rings. The lowest BCUT2D eigenvalue weighted by molar-refractivity contribution is -0.116. The van der Waals surface area contributed by atoms with Crippen LogP contribution in [0.3, 0.4) is 0 Å². The number of methoxy groups -OCH3 is 1. The average Bonchev–Trinajstić information content (AvgIpc) is 2.70. The van der Waals surface area contributed by atoms with Gasteiger partial charge in [-0.1, -0.05) is 18.2 Å². The number of carbonyl (C=O) groups excluding carboxylic acids is 1. The highest BCUT2D eigenvalue weighted by atomic mass is 32.2. The molecule has 0 saturated carbocycles. The lowest BCUT2D eigenvalue weighted by Gasteiger charge is -2.09. The zero-order valence-corrected chi connectivity index (χ0v) is 16.7. The van der Waals surface area contributed by atoms with Crippen LogP contribution in [0.25, 0.3) is 0 Å². The van der Waals surface area contributed by atoms with Crippen LogP contribution in [0.5, 0.6) is 5.75 Å². The zero-order valence-electron chi connectivity index (χ0n) is 15.9. The number of benzene rings is 2. The zero-order chi connectivity index (χ0) is 20.2. The van der Waals surface area contributed by atoms with E-state index in [0.717, 1.165) is 5.75 Å². The fraction of sp³-hybridized carbons (Fsp3) is 0.350. The Labute approximate surface area is 166 Å². The van der Waals surface area contributed by atoms with Gasteiger partial charge in [-0.2, -0.15) is 0 Å². The largest absolute Gasteiger partial charge is 0.494 e. The molecule has 8 heteroatoms. The first-order valence-electron chi connectivity index (χ1n) is 9.07. The van der Waals surface area contributed by atoms with E-state index >= 15 is 0 Å². The molecule has 1 amide bonds. The number of anilines is 1. The molecule has 0 radical (unpaired) electrons. The molecule has 7 nitrogen and oxygen atoms in total. The number of ether oxygens (including phenoxy) is 2. The minimum absolute atomic E-state index is 0.148. The lowest BCUT2D eigenvalue weighted by Crippen LogP contribution is -2.25.